The van der Waals surface area contributed by atoms with Crippen molar-refractivity contribution in [3.63, 3.8) is 0 Å². The summed E-state index contributed by atoms with van der Waals surface area (Å²) < 4.78 is 13.8. The van der Waals surface area contributed by atoms with Crippen molar-refractivity contribution in [3.05, 3.63) is 35.1 Å². The molecule has 0 heterocycles. The third-order valence-electron chi connectivity index (χ3n) is 2.99. The Morgan fingerprint density at radius 2 is 2.00 bits per heavy atom. The minimum Gasteiger partial charge on any atom is -0.349 e. The molecule has 0 aliphatic heterocycles. The lowest BCUT2D eigenvalue weighted by molar-refractivity contribution is 0.0947. The van der Waals surface area contributed by atoms with E-state index in [2.05, 4.69) is 5.32 Å². The number of hydrogen-bond acceptors (Lipinski definition) is 1. The third kappa shape index (κ3) is 2.84. The minimum atomic E-state index is -0.435. The first-order valence-electron chi connectivity index (χ1n) is 5.99. The topological polar surface area (TPSA) is 29.1 Å². The van der Waals surface area contributed by atoms with Gasteiger partial charge in [0.25, 0.3) is 5.91 Å². The number of benzene rings is 1. The maximum atomic E-state index is 13.8. The Kier molecular flexibility index (Phi) is 2.94. The van der Waals surface area contributed by atoms with Crippen molar-refractivity contribution in [1.29, 1.82) is 0 Å². The molecule has 1 aliphatic carbocycles. The van der Waals surface area contributed by atoms with E-state index in [1.807, 2.05) is 26.8 Å². The van der Waals surface area contributed by atoms with Crippen LogP contribution in [-0.4, -0.2) is 11.9 Å². The molecule has 2 nitrogen and oxygen atoms in total. The van der Waals surface area contributed by atoms with Crippen LogP contribution in [0.25, 0.3) is 0 Å². The number of nitrogens with one attached hydrogen (secondary N) is 1. The average Bonchev–Trinajstić information content (AvgIpc) is 2.99. The van der Waals surface area contributed by atoms with Gasteiger partial charge < -0.3 is 5.32 Å². The van der Waals surface area contributed by atoms with Crippen LogP contribution in [0.15, 0.2) is 18.2 Å². The summed E-state index contributed by atoms with van der Waals surface area (Å²) in [5, 5.41) is 2.79. The molecule has 0 spiro atoms. The molecule has 0 unspecified atom stereocenters. The lowest BCUT2D eigenvalue weighted by Crippen LogP contribution is -2.26. The fourth-order valence-electron chi connectivity index (χ4n) is 1.66. The first-order valence-corrected chi connectivity index (χ1v) is 5.99. The molecule has 1 saturated carbocycles. The van der Waals surface area contributed by atoms with Crippen molar-refractivity contribution < 1.29 is 9.18 Å². The van der Waals surface area contributed by atoms with E-state index in [0.717, 1.165) is 18.4 Å². The van der Waals surface area contributed by atoms with Crippen LogP contribution in [0, 0.1) is 5.82 Å². The van der Waals surface area contributed by atoms with Crippen LogP contribution in [0.5, 0.6) is 0 Å². The van der Waals surface area contributed by atoms with Crippen molar-refractivity contribution in [2.24, 2.45) is 0 Å². The normalized spacial score (nSPS) is 15.8. The first kappa shape index (κ1) is 12.1. The van der Waals surface area contributed by atoms with Gasteiger partial charge in [0.05, 0.1) is 5.56 Å². The van der Waals surface area contributed by atoms with Crippen LogP contribution in [-0.2, 0) is 5.41 Å². The van der Waals surface area contributed by atoms with Crippen LogP contribution in [0.3, 0.4) is 0 Å². The van der Waals surface area contributed by atoms with Crippen LogP contribution in [0.4, 0.5) is 4.39 Å². The van der Waals surface area contributed by atoms with Gasteiger partial charge in [-0.2, -0.15) is 0 Å². The monoisotopic (exact) mass is 235 g/mol. The van der Waals surface area contributed by atoms with Crippen molar-refractivity contribution in [3.8, 4) is 0 Å². The Balaban J connectivity index is 2.21. The molecule has 0 saturated heterocycles. The molecule has 92 valence electrons. The number of carbonyl (C=O) groups excluding carboxylic acids is 1. The molecular formula is C14H18FNO. The second-order valence-electron chi connectivity index (χ2n) is 5.69. The Morgan fingerprint density at radius 3 is 2.47 bits per heavy atom. The summed E-state index contributed by atoms with van der Waals surface area (Å²) in [4.78, 5) is 11.7. The van der Waals surface area contributed by atoms with E-state index in [0.29, 0.717) is 0 Å². The van der Waals surface area contributed by atoms with Crippen molar-refractivity contribution in [2.75, 3.05) is 0 Å². The van der Waals surface area contributed by atoms with Gasteiger partial charge in [-0.3, -0.25) is 4.79 Å². The molecular weight excluding hydrogens is 217 g/mol. The fourth-order valence-corrected chi connectivity index (χ4v) is 1.66. The van der Waals surface area contributed by atoms with Gasteiger partial charge >= 0.3 is 0 Å². The number of halogens is 1. The average molecular weight is 235 g/mol. The maximum absolute atomic E-state index is 13.8. The molecule has 1 aliphatic rings. The molecule has 0 bridgehead atoms. The van der Waals surface area contributed by atoms with E-state index in [1.165, 1.54) is 6.07 Å². The summed E-state index contributed by atoms with van der Waals surface area (Å²) >= 11 is 0. The number of rotatable bonds is 2. The van der Waals surface area contributed by atoms with Gasteiger partial charge in [0.1, 0.15) is 5.82 Å². The molecule has 0 aromatic heterocycles. The second kappa shape index (κ2) is 4.13. The fraction of sp³-hybridized carbons (Fsp3) is 0.500. The highest BCUT2D eigenvalue weighted by molar-refractivity contribution is 5.94. The SMILES string of the molecule is CC(C)(C)c1ccc(C(=O)NC2CC2)c(F)c1. The van der Waals surface area contributed by atoms with E-state index in [1.54, 1.807) is 6.07 Å². The standard InChI is InChI=1S/C14H18FNO/c1-14(2,3)9-4-7-11(12(15)8-9)13(17)16-10-5-6-10/h4,7-8,10H,5-6H2,1-3H3,(H,16,17). The van der Waals surface area contributed by atoms with Crippen LogP contribution < -0.4 is 5.32 Å². The summed E-state index contributed by atoms with van der Waals surface area (Å²) in [7, 11) is 0. The van der Waals surface area contributed by atoms with E-state index in [9.17, 15) is 9.18 Å². The van der Waals surface area contributed by atoms with Gasteiger partial charge in [0.2, 0.25) is 0 Å². The Morgan fingerprint density at radius 1 is 1.35 bits per heavy atom. The Hall–Kier alpha value is -1.38. The minimum absolute atomic E-state index is 0.105. The lowest BCUT2D eigenvalue weighted by atomic mass is 9.86. The van der Waals surface area contributed by atoms with Crippen LogP contribution >= 0.6 is 0 Å². The quantitative estimate of drug-likeness (QED) is 0.838. The highest BCUT2D eigenvalue weighted by atomic mass is 19.1. The van der Waals surface area contributed by atoms with Crippen molar-refractivity contribution in [1.82, 2.24) is 5.32 Å². The molecule has 2 rings (SSSR count). The molecule has 0 atom stereocenters. The van der Waals surface area contributed by atoms with Crippen LogP contribution in [0.1, 0.15) is 49.5 Å². The molecule has 1 aromatic carbocycles. The first-order chi connectivity index (χ1) is 7.88. The predicted octanol–water partition coefficient (Wildman–Crippen LogP) is 3.02. The van der Waals surface area contributed by atoms with Gasteiger partial charge in [0, 0.05) is 6.04 Å². The van der Waals surface area contributed by atoms with Crippen molar-refractivity contribution >= 4 is 5.91 Å². The lowest BCUT2D eigenvalue weighted by Gasteiger charge is -2.19. The van der Waals surface area contributed by atoms with E-state index < -0.39 is 5.82 Å². The second-order valence-corrected chi connectivity index (χ2v) is 5.69. The van der Waals surface area contributed by atoms with Gasteiger partial charge in [0.15, 0.2) is 0 Å². The maximum Gasteiger partial charge on any atom is 0.254 e. The summed E-state index contributed by atoms with van der Waals surface area (Å²) in [6, 6.07) is 5.12. The van der Waals surface area contributed by atoms with Gasteiger partial charge in [-0.1, -0.05) is 26.8 Å². The number of carbonyl (C=O) groups is 1. The Bertz CT molecular complexity index is 444. The molecule has 3 heteroatoms. The molecule has 17 heavy (non-hydrogen) atoms. The molecule has 1 N–H and O–H groups in total. The van der Waals surface area contributed by atoms with Crippen molar-refractivity contribution in [2.45, 2.75) is 45.1 Å². The zero-order valence-electron chi connectivity index (χ0n) is 10.5. The van der Waals surface area contributed by atoms with E-state index >= 15 is 0 Å². The highest BCUT2D eigenvalue weighted by Gasteiger charge is 2.25. The highest BCUT2D eigenvalue weighted by Crippen LogP contribution is 2.25. The number of hydrogen-bond donors (Lipinski definition) is 1. The van der Waals surface area contributed by atoms with E-state index in [4.69, 9.17) is 0 Å². The molecule has 0 radical (unpaired) electrons. The summed E-state index contributed by atoms with van der Waals surface area (Å²) in [5.74, 6) is -0.735. The van der Waals surface area contributed by atoms with Gasteiger partial charge in [-0.25, -0.2) is 4.39 Å². The molecule has 1 amide bonds. The van der Waals surface area contributed by atoms with Gasteiger partial charge in [-0.05, 0) is 36.0 Å². The Labute approximate surface area is 101 Å². The summed E-state index contributed by atoms with van der Waals surface area (Å²) in [6.45, 7) is 6.06. The summed E-state index contributed by atoms with van der Waals surface area (Å²) in [5.41, 5.74) is 0.940. The predicted molar refractivity (Wildman–Crippen MR) is 65.6 cm³/mol. The van der Waals surface area contributed by atoms with Gasteiger partial charge in [-0.15, -0.1) is 0 Å². The van der Waals surface area contributed by atoms with Crippen LogP contribution in [0.2, 0.25) is 0 Å². The van der Waals surface area contributed by atoms with E-state index in [-0.39, 0.29) is 22.9 Å². The smallest absolute Gasteiger partial charge is 0.254 e. The third-order valence-corrected chi connectivity index (χ3v) is 2.99. The zero-order chi connectivity index (χ0) is 12.6. The molecule has 1 fully saturated rings. The summed E-state index contributed by atoms with van der Waals surface area (Å²) in [6.07, 6.45) is 2.01. The number of amides is 1. The largest absolute Gasteiger partial charge is 0.349 e. The zero-order valence-corrected chi connectivity index (χ0v) is 10.5. The molecule has 1 aromatic rings.